The fourth-order valence-corrected chi connectivity index (χ4v) is 8.81. The molecular formula is C27H32Cl2O6. The third kappa shape index (κ3) is 3.09. The molecule has 0 aromatic carbocycles. The first-order chi connectivity index (χ1) is 17.3. The highest BCUT2D eigenvalue weighted by atomic mass is 35.5. The molecule has 1 aromatic rings. The largest absolute Gasteiger partial charge is 0.457 e. The van der Waals surface area contributed by atoms with Crippen molar-refractivity contribution in [2.24, 2.45) is 28.6 Å². The fourth-order valence-electron chi connectivity index (χ4n) is 8.09. The van der Waals surface area contributed by atoms with Gasteiger partial charge in [0.05, 0.1) is 23.1 Å². The molecule has 0 amide bonds. The van der Waals surface area contributed by atoms with Crippen molar-refractivity contribution in [3.05, 3.63) is 35.8 Å². The maximum Gasteiger partial charge on any atom is 0.375 e. The normalized spacial score (nSPS) is 49.7. The van der Waals surface area contributed by atoms with Crippen LogP contribution in [0, 0.1) is 28.6 Å². The van der Waals surface area contributed by atoms with Crippen molar-refractivity contribution in [3.8, 4) is 0 Å². The first-order valence-corrected chi connectivity index (χ1v) is 13.0. The molecule has 2 unspecified atom stereocenters. The second-order valence-corrected chi connectivity index (χ2v) is 12.0. The summed E-state index contributed by atoms with van der Waals surface area (Å²) in [5.74, 6) is -3.04. The van der Waals surface area contributed by atoms with E-state index in [-0.39, 0.29) is 29.9 Å². The van der Waals surface area contributed by atoms with Crippen LogP contribution in [0.5, 0.6) is 0 Å². The summed E-state index contributed by atoms with van der Waals surface area (Å²) in [4.78, 5) is 37.9. The van der Waals surface area contributed by atoms with E-state index in [1.165, 1.54) is 18.4 Å². The highest BCUT2D eigenvalue weighted by Gasteiger charge is 2.76. The zero-order valence-corrected chi connectivity index (χ0v) is 21.6. The molecule has 0 saturated heterocycles. The van der Waals surface area contributed by atoms with Crippen molar-refractivity contribution < 1.29 is 31.4 Å². The van der Waals surface area contributed by atoms with E-state index in [0.717, 1.165) is 0 Å². The lowest BCUT2D eigenvalue weighted by atomic mass is 9.44. The predicted molar refractivity (Wildman–Crippen MR) is 130 cm³/mol. The Hall–Kier alpha value is -1.63. The maximum absolute atomic E-state index is 13.6. The van der Waals surface area contributed by atoms with Gasteiger partial charge in [0.15, 0.2) is 17.2 Å². The molecule has 4 aliphatic carbocycles. The number of ketones is 2. The third-order valence-corrected chi connectivity index (χ3v) is 10.9. The topological polar surface area (TPSA) is 93.8 Å². The van der Waals surface area contributed by atoms with Crippen molar-refractivity contribution in [2.75, 3.05) is 5.88 Å². The zero-order valence-electron chi connectivity index (χ0n) is 22.1. The van der Waals surface area contributed by atoms with E-state index in [4.69, 9.17) is 35.1 Å². The van der Waals surface area contributed by atoms with Crippen LogP contribution in [0.1, 0.15) is 72.5 Å². The molecule has 6 nitrogen and oxygen atoms in total. The minimum atomic E-state index is -1.61. The molecule has 190 valence electrons. The highest BCUT2D eigenvalue weighted by Crippen LogP contribution is 2.72. The molecule has 3 saturated carbocycles. The number of furan rings is 1. The molecule has 35 heavy (non-hydrogen) atoms. The number of esters is 1. The van der Waals surface area contributed by atoms with Gasteiger partial charge in [-0.25, -0.2) is 4.79 Å². The number of aliphatic hydroxyl groups is 1. The number of allylic oxidation sites excluding steroid dienone is 1. The van der Waals surface area contributed by atoms with Gasteiger partial charge >= 0.3 is 5.97 Å². The second-order valence-electron chi connectivity index (χ2n) is 11.1. The number of aliphatic hydroxyl groups excluding tert-OH is 1. The lowest BCUT2D eigenvalue weighted by Gasteiger charge is -2.65. The maximum atomic E-state index is 13.6. The minimum Gasteiger partial charge on any atom is -0.457 e. The van der Waals surface area contributed by atoms with Crippen molar-refractivity contribution in [1.29, 1.82) is 0 Å². The van der Waals surface area contributed by atoms with Gasteiger partial charge in [-0.2, -0.15) is 0 Å². The number of Topliss-reactive ketones (excluding diaryl/α,β-unsaturated/α-hetero) is 1. The molecule has 5 rings (SSSR count). The van der Waals surface area contributed by atoms with Crippen LogP contribution in [0.2, 0.25) is 0 Å². The molecule has 3 fully saturated rings. The van der Waals surface area contributed by atoms with E-state index in [1.807, 2.05) is 13.8 Å². The second kappa shape index (κ2) is 8.19. The molecule has 0 spiro atoms. The van der Waals surface area contributed by atoms with Crippen molar-refractivity contribution in [1.82, 2.24) is 0 Å². The van der Waals surface area contributed by atoms with Gasteiger partial charge in [0.25, 0.3) is 0 Å². The Morgan fingerprint density at radius 2 is 2.09 bits per heavy atom. The molecule has 1 heterocycles. The number of fused-ring (bicyclic) bond motifs is 5. The average Bonchev–Trinajstić information content (AvgIpc) is 3.47. The third-order valence-electron chi connectivity index (χ3n) is 9.69. The first kappa shape index (κ1) is 22.6. The smallest absolute Gasteiger partial charge is 0.375 e. The standard InChI is InChI=1S/C27H32Cl2O6/c1-15-11-19-18-7-6-16-12-17(30)8-9-24(16,2)26(18,29)21(31)13-25(19,3)27(15,22(32)14-28)35-23(33)20-5-4-10-34-20/h4-5,10,12,15,18-19,21,31H,6-9,11,13-14H2,1-3H3/t15-,18+,19+,21+,24+,25+,26+,27+/m1/s1/i8T,9T/t8?,9?,15-,18+,19+,21+,24+,25+,26+,27+. The fraction of sp³-hybridized carbons (Fsp3) is 0.667. The van der Waals surface area contributed by atoms with Crippen molar-refractivity contribution in [3.63, 3.8) is 0 Å². The Bertz CT molecular complexity index is 1170. The summed E-state index contributed by atoms with van der Waals surface area (Å²) >= 11 is 13.6. The summed E-state index contributed by atoms with van der Waals surface area (Å²) in [7, 11) is 0. The molecule has 4 aliphatic rings. The number of alkyl halides is 2. The van der Waals surface area contributed by atoms with Gasteiger partial charge < -0.3 is 14.3 Å². The van der Waals surface area contributed by atoms with Crippen LogP contribution in [0.25, 0.3) is 0 Å². The Kier molecular flexibility index (Phi) is 5.28. The summed E-state index contributed by atoms with van der Waals surface area (Å²) in [5, 5.41) is 11.8. The molecule has 0 bridgehead atoms. The van der Waals surface area contributed by atoms with E-state index < -0.39 is 63.7 Å². The number of hydrogen-bond acceptors (Lipinski definition) is 6. The molecule has 0 aliphatic heterocycles. The molecular weight excluding hydrogens is 491 g/mol. The van der Waals surface area contributed by atoms with Crippen LogP contribution in [0.15, 0.2) is 34.5 Å². The molecule has 0 radical (unpaired) electrons. The van der Waals surface area contributed by atoms with Gasteiger partial charge in [0.2, 0.25) is 5.76 Å². The van der Waals surface area contributed by atoms with Crippen LogP contribution in [-0.2, 0) is 14.3 Å². The van der Waals surface area contributed by atoms with Crippen LogP contribution < -0.4 is 0 Å². The molecule has 10 atom stereocenters. The van der Waals surface area contributed by atoms with Gasteiger partial charge in [0.1, 0.15) is 0 Å². The number of rotatable bonds is 4. The average molecular weight is 527 g/mol. The number of carbonyl (C=O) groups is 3. The lowest BCUT2D eigenvalue weighted by molar-refractivity contribution is -0.179. The highest BCUT2D eigenvalue weighted by molar-refractivity contribution is 6.29. The van der Waals surface area contributed by atoms with Crippen molar-refractivity contribution >= 4 is 40.7 Å². The van der Waals surface area contributed by atoms with Gasteiger partial charge in [0, 0.05) is 25.9 Å². The van der Waals surface area contributed by atoms with Crippen molar-refractivity contribution in [2.45, 2.75) is 75.8 Å². The monoisotopic (exact) mass is 526 g/mol. The summed E-state index contributed by atoms with van der Waals surface area (Å²) in [6.45, 7) is 5.51. The predicted octanol–water partition coefficient (Wildman–Crippen LogP) is 5.09. The van der Waals surface area contributed by atoms with Crippen LogP contribution in [-0.4, -0.2) is 45.1 Å². The van der Waals surface area contributed by atoms with Gasteiger partial charge in [-0.1, -0.05) is 26.3 Å². The van der Waals surface area contributed by atoms with Gasteiger partial charge in [-0.3, -0.25) is 9.59 Å². The quantitative estimate of drug-likeness (QED) is 0.433. The molecule has 1 aromatic heterocycles. The van der Waals surface area contributed by atoms with E-state index in [9.17, 15) is 19.5 Å². The Morgan fingerprint density at radius 1 is 1.34 bits per heavy atom. The number of halogens is 2. The Morgan fingerprint density at radius 3 is 2.74 bits per heavy atom. The van der Waals surface area contributed by atoms with E-state index in [0.29, 0.717) is 24.8 Å². The van der Waals surface area contributed by atoms with Crippen LogP contribution in [0.4, 0.5) is 0 Å². The van der Waals surface area contributed by atoms with Gasteiger partial charge in [-0.15, -0.1) is 23.2 Å². The minimum absolute atomic E-state index is 0.0300. The zero-order chi connectivity index (χ0) is 27.1. The van der Waals surface area contributed by atoms with E-state index in [2.05, 4.69) is 0 Å². The van der Waals surface area contributed by atoms with Crippen LogP contribution >= 0.6 is 23.2 Å². The Balaban J connectivity index is 1.63. The SMILES string of the molecule is [3H]C1C(=O)C=C2CC[C@H]3[C@@H]4C[C@@H](C)[C@](OC(=O)c5ccco5)(C(=O)CCl)[C@@]4(C)C[C@H](O)[C@]3(Cl)[C@@]2(C)C1[3H]. The number of hydrogen-bond donors (Lipinski definition) is 1. The van der Waals surface area contributed by atoms with Crippen LogP contribution in [0.3, 0.4) is 0 Å². The molecule has 1 N–H and O–H groups in total. The summed E-state index contributed by atoms with van der Waals surface area (Å²) < 4.78 is 28.6. The summed E-state index contributed by atoms with van der Waals surface area (Å²) in [6.07, 6.45) is 0.724. The molecule has 8 heteroatoms. The van der Waals surface area contributed by atoms with Gasteiger partial charge in [-0.05, 0) is 62.1 Å². The summed E-state index contributed by atoms with van der Waals surface area (Å²) in [5.41, 5.74) is -3.02. The number of carbonyl (C=O) groups excluding carboxylic acids is 3. The van der Waals surface area contributed by atoms with E-state index in [1.54, 1.807) is 13.0 Å². The summed E-state index contributed by atoms with van der Waals surface area (Å²) in [6, 6.07) is 3.02. The van der Waals surface area contributed by atoms with E-state index >= 15 is 0 Å². The Labute approximate surface area is 218 Å². The first-order valence-electron chi connectivity index (χ1n) is 13.3. The number of ether oxygens (including phenoxy) is 1. The lowest BCUT2D eigenvalue weighted by Crippen LogP contribution is -2.70.